The molecule has 0 spiro atoms. The molecule has 0 aliphatic carbocycles. The molecule has 2 unspecified atom stereocenters. The van der Waals surface area contributed by atoms with E-state index in [4.69, 9.17) is 18.5 Å². The third-order valence-corrected chi connectivity index (χ3v) is 17.5. The Morgan fingerprint density at radius 3 is 0.924 bits per heavy atom. The van der Waals surface area contributed by atoms with Crippen molar-refractivity contribution in [3.8, 4) is 0 Å². The molecule has 0 saturated carbocycles. The molecule has 0 aromatic rings. The van der Waals surface area contributed by atoms with E-state index >= 15 is 0 Å². The molecule has 92 heavy (non-hydrogen) atoms. The van der Waals surface area contributed by atoms with E-state index < -0.39 is 26.5 Å². The molecule has 0 saturated heterocycles. The van der Waals surface area contributed by atoms with Crippen molar-refractivity contribution in [1.29, 1.82) is 0 Å². The van der Waals surface area contributed by atoms with Crippen molar-refractivity contribution in [2.75, 3.05) is 47.5 Å². The Labute approximate surface area is 568 Å². The summed E-state index contributed by atoms with van der Waals surface area (Å²) < 4.78 is 34.8. The van der Waals surface area contributed by atoms with Crippen LogP contribution in [0.5, 0.6) is 0 Å². The molecule has 0 fully saturated rings. The maximum absolute atomic E-state index is 12.9. The number of phosphoric ester groups is 1. The van der Waals surface area contributed by atoms with E-state index in [-0.39, 0.29) is 32.0 Å². The normalized spacial score (nSPS) is 13.8. The third-order valence-electron chi connectivity index (χ3n) is 16.5. The van der Waals surface area contributed by atoms with Crippen LogP contribution in [0.2, 0.25) is 0 Å². The van der Waals surface area contributed by atoms with Crippen LogP contribution in [0.15, 0.2) is 122 Å². The molecule has 0 bridgehead atoms. The van der Waals surface area contributed by atoms with Gasteiger partial charge in [0.2, 0.25) is 0 Å². The summed E-state index contributed by atoms with van der Waals surface area (Å²) in [5, 5.41) is 0. The summed E-state index contributed by atoms with van der Waals surface area (Å²) in [5.41, 5.74) is 0. The zero-order valence-electron chi connectivity index (χ0n) is 60.5. The molecular formula is C82H145NO8P+. The van der Waals surface area contributed by atoms with Crippen LogP contribution in [0.1, 0.15) is 335 Å². The molecule has 9 nitrogen and oxygen atoms in total. The van der Waals surface area contributed by atoms with E-state index in [1.807, 2.05) is 21.1 Å². The van der Waals surface area contributed by atoms with Gasteiger partial charge >= 0.3 is 19.8 Å². The molecule has 0 aliphatic heterocycles. The van der Waals surface area contributed by atoms with E-state index in [1.165, 1.54) is 199 Å². The maximum atomic E-state index is 12.9. The summed E-state index contributed by atoms with van der Waals surface area (Å²) >= 11 is 0. The van der Waals surface area contributed by atoms with Crippen LogP contribution in [0, 0.1) is 0 Å². The van der Waals surface area contributed by atoms with Gasteiger partial charge in [0.1, 0.15) is 19.8 Å². The Morgan fingerprint density at radius 1 is 0.348 bits per heavy atom. The maximum Gasteiger partial charge on any atom is 0.472 e. The standard InChI is InChI=1S/C82H144NO8P/c1-6-8-10-12-14-16-18-20-22-24-26-28-30-32-34-36-37-38-39-40-41-42-43-44-45-47-48-50-52-54-56-58-60-62-64-66-68-70-72-74-81(84)88-78-80(79-90-92(86,87)89-77-76-83(3,4)5)91-82(85)75-73-71-69-67-65-63-61-59-57-55-53-51-49-46-35-33-31-29-27-25-23-21-19-17-15-13-11-9-7-2/h9,11,15,17-18,20-21,23-24,26-27,29-30,32-33,35,49,51,55,57,80H,6-8,10,12-14,16,19,22,25,28,31,34,36-48,50,52-54,56,58-79H2,1-5H3/p+1/b11-9-,17-15-,20-18-,23-21-,26-24-,29-27-,32-30-,35-33-,51-49-,57-55-. The van der Waals surface area contributed by atoms with Gasteiger partial charge in [-0.3, -0.25) is 18.6 Å². The fourth-order valence-corrected chi connectivity index (χ4v) is 11.4. The van der Waals surface area contributed by atoms with Gasteiger partial charge in [0, 0.05) is 12.8 Å². The van der Waals surface area contributed by atoms with E-state index in [1.54, 1.807) is 0 Å². The second kappa shape index (κ2) is 71.7. The lowest BCUT2D eigenvalue weighted by molar-refractivity contribution is -0.870. The number of phosphoric acid groups is 1. The van der Waals surface area contributed by atoms with E-state index in [0.29, 0.717) is 17.4 Å². The molecule has 530 valence electrons. The van der Waals surface area contributed by atoms with Gasteiger partial charge in [-0.15, -0.1) is 0 Å². The van der Waals surface area contributed by atoms with Crippen LogP contribution in [-0.4, -0.2) is 74.9 Å². The van der Waals surface area contributed by atoms with E-state index in [9.17, 15) is 19.0 Å². The highest BCUT2D eigenvalue weighted by Gasteiger charge is 2.27. The second-order valence-corrected chi connectivity index (χ2v) is 28.1. The van der Waals surface area contributed by atoms with Gasteiger partial charge < -0.3 is 18.9 Å². The van der Waals surface area contributed by atoms with Crippen molar-refractivity contribution in [2.24, 2.45) is 0 Å². The number of hydrogen-bond donors (Lipinski definition) is 1. The zero-order chi connectivity index (χ0) is 66.9. The Kier molecular flexibility index (Phi) is 68.9. The number of rotatable bonds is 70. The highest BCUT2D eigenvalue weighted by Crippen LogP contribution is 2.43. The molecule has 1 N–H and O–H groups in total. The summed E-state index contributed by atoms with van der Waals surface area (Å²) in [6.45, 7) is 4.32. The first-order chi connectivity index (χ1) is 45.0. The first-order valence-electron chi connectivity index (χ1n) is 38.3. The number of nitrogens with zero attached hydrogens (tertiary/aromatic N) is 1. The number of carbonyl (C=O) groups excluding carboxylic acids is 2. The van der Waals surface area contributed by atoms with Crippen molar-refractivity contribution in [3.05, 3.63) is 122 Å². The molecule has 2 atom stereocenters. The number of unbranched alkanes of at least 4 members (excludes halogenated alkanes) is 36. The van der Waals surface area contributed by atoms with Crippen molar-refractivity contribution in [3.63, 3.8) is 0 Å². The number of carbonyl (C=O) groups is 2. The molecule has 0 radical (unpaired) electrons. The van der Waals surface area contributed by atoms with Crippen molar-refractivity contribution in [1.82, 2.24) is 0 Å². The topological polar surface area (TPSA) is 108 Å². The third kappa shape index (κ3) is 75.4. The quantitative estimate of drug-likeness (QED) is 0.0211. The monoisotopic (exact) mass is 1300 g/mol. The molecule has 0 rings (SSSR count). The summed E-state index contributed by atoms with van der Waals surface area (Å²) in [7, 11) is 1.47. The van der Waals surface area contributed by atoms with Crippen LogP contribution in [0.3, 0.4) is 0 Å². The van der Waals surface area contributed by atoms with Crippen LogP contribution in [0.25, 0.3) is 0 Å². The van der Waals surface area contributed by atoms with Crippen LogP contribution >= 0.6 is 7.82 Å². The second-order valence-electron chi connectivity index (χ2n) is 26.7. The molecular weight excluding hydrogens is 1160 g/mol. The lowest BCUT2D eigenvalue weighted by Gasteiger charge is -2.24. The number of esters is 2. The molecule has 0 aliphatic rings. The minimum absolute atomic E-state index is 0.0251. The molecule has 0 aromatic heterocycles. The first-order valence-corrected chi connectivity index (χ1v) is 39.8. The van der Waals surface area contributed by atoms with Gasteiger partial charge in [-0.25, -0.2) is 4.57 Å². The number of allylic oxidation sites excluding steroid dienone is 20. The fraction of sp³-hybridized carbons (Fsp3) is 0.732. The first kappa shape index (κ1) is 88.4. The zero-order valence-corrected chi connectivity index (χ0v) is 61.4. The Bertz CT molecular complexity index is 1970. The molecule has 0 heterocycles. The van der Waals surface area contributed by atoms with Crippen molar-refractivity contribution >= 4 is 19.8 Å². The minimum atomic E-state index is -4.40. The molecule has 0 aromatic carbocycles. The summed E-state index contributed by atoms with van der Waals surface area (Å²) in [5.74, 6) is -0.804. The Morgan fingerprint density at radius 2 is 0.620 bits per heavy atom. The average Bonchev–Trinajstić information content (AvgIpc) is 2.14. The summed E-state index contributed by atoms with van der Waals surface area (Å²) in [6.07, 6.45) is 103. The summed E-state index contributed by atoms with van der Waals surface area (Å²) in [6, 6.07) is 0. The highest BCUT2D eigenvalue weighted by molar-refractivity contribution is 7.47. The number of hydrogen-bond acceptors (Lipinski definition) is 7. The van der Waals surface area contributed by atoms with Gasteiger partial charge in [-0.05, 0) is 109 Å². The number of quaternary nitrogens is 1. The highest BCUT2D eigenvalue weighted by atomic mass is 31.2. The van der Waals surface area contributed by atoms with Crippen molar-refractivity contribution in [2.45, 2.75) is 341 Å². The Balaban J connectivity index is 3.99. The smallest absolute Gasteiger partial charge is 0.462 e. The largest absolute Gasteiger partial charge is 0.472 e. The van der Waals surface area contributed by atoms with Gasteiger partial charge in [0.25, 0.3) is 0 Å². The summed E-state index contributed by atoms with van der Waals surface area (Å²) in [4.78, 5) is 35.9. The Hall–Kier alpha value is -3.59. The van der Waals surface area contributed by atoms with E-state index in [2.05, 4.69) is 135 Å². The van der Waals surface area contributed by atoms with Gasteiger partial charge in [-0.1, -0.05) is 334 Å². The SMILES string of the molecule is CC/C=C\C/C=C\C/C=C\C/C=C\C/C=C\C/C=C\C/C=C\CCCCCCCCCC(=O)OC(COC(=O)CCCCCCCCCCCCCCCCCCCCCCCCCC/C=C\C/C=C\C/C=C\CCCCCCC)COP(=O)(O)OCC[N+](C)(C)C. The fourth-order valence-electron chi connectivity index (χ4n) is 10.7. The van der Waals surface area contributed by atoms with Gasteiger partial charge in [-0.2, -0.15) is 0 Å². The lowest BCUT2D eigenvalue weighted by Crippen LogP contribution is -2.37. The lowest BCUT2D eigenvalue weighted by atomic mass is 10.0. The molecule has 0 amide bonds. The molecule has 10 heteroatoms. The number of likely N-dealkylation sites (N-methyl/N-ethyl adjacent to an activating group) is 1. The van der Waals surface area contributed by atoms with Crippen molar-refractivity contribution < 1.29 is 42.1 Å². The van der Waals surface area contributed by atoms with E-state index in [0.717, 1.165) is 103 Å². The van der Waals surface area contributed by atoms with Crippen LogP contribution < -0.4 is 0 Å². The van der Waals surface area contributed by atoms with Gasteiger partial charge in [0.15, 0.2) is 6.10 Å². The average molecular weight is 1300 g/mol. The predicted octanol–water partition coefficient (Wildman–Crippen LogP) is 25.4. The predicted molar refractivity (Wildman–Crippen MR) is 399 cm³/mol. The van der Waals surface area contributed by atoms with Crippen LogP contribution in [0.4, 0.5) is 0 Å². The van der Waals surface area contributed by atoms with Crippen LogP contribution in [-0.2, 0) is 32.7 Å². The number of ether oxygens (including phenoxy) is 2. The van der Waals surface area contributed by atoms with Gasteiger partial charge in [0.05, 0.1) is 27.7 Å². The minimum Gasteiger partial charge on any atom is -0.462 e.